The number of fused-ring (bicyclic) bond motifs is 1. The summed E-state index contributed by atoms with van der Waals surface area (Å²) in [5, 5.41) is 2.90. The first-order valence-corrected chi connectivity index (χ1v) is 9.54. The van der Waals surface area contributed by atoms with Crippen LogP contribution in [0, 0.1) is 0 Å². The summed E-state index contributed by atoms with van der Waals surface area (Å²) in [6, 6.07) is 6.09. The Bertz CT molecular complexity index is 929. The average Bonchev–Trinajstić information content (AvgIpc) is 3.15. The summed E-state index contributed by atoms with van der Waals surface area (Å²) >= 11 is 0. The van der Waals surface area contributed by atoms with Crippen LogP contribution < -0.4 is 9.88 Å². The molecule has 8 heteroatoms. The van der Waals surface area contributed by atoms with Gasteiger partial charge in [-0.2, -0.15) is 0 Å². The number of ether oxygens (including phenoxy) is 1. The van der Waals surface area contributed by atoms with Crippen molar-refractivity contribution in [1.82, 2.24) is 14.8 Å². The van der Waals surface area contributed by atoms with E-state index in [0.29, 0.717) is 17.7 Å². The van der Waals surface area contributed by atoms with Gasteiger partial charge in [-0.15, -0.1) is 0 Å². The lowest BCUT2D eigenvalue weighted by atomic mass is 10.0. The highest BCUT2D eigenvalue weighted by molar-refractivity contribution is 6.05. The summed E-state index contributed by atoms with van der Waals surface area (Å²) in [5.41, 5.74) is 0.581. The fourth-order valence-electron chi connectivity index (χ4n) is 3.34. The number of carbonyl (C=O) groups is 3. The van der Waals surface area contributed by atoms with Crippen molar-refractivity contribution in [1.29, 1.82) is 0 Å². The van der Waals surface area contributed by atoms with Gasteiger partial charge in [0.1, 0.15) is 38.1 Å². The number of nitrogens with zero attached hydrogens (tertiary/aromatic N) is 3. The van der Waals surface area contributed by atoms with Crippen molar-refractivity contribution < 1.29 is 23.7 Å². The quantitative estimate of drug-likeness (QED) is 0.579. The number of hydrogen-bond acceptors (Lipinski definition) is 4. The van der Waals surface area contributed by atoms with Gasteiger partial charge in [0.25, 0.3) is 5.91 Å². The summed E-state index contributed by atoms with van der Waals surface area (Å²) < 4.78 is 9.08. The minimum absolute atomic E-state index is 0.182. The third-order valence-corrected chi connectivity index (χ3v) is 4.54. The highest BCUT2D eigenvalue weighted by atomic mass is 16.5. The number of rotatable bonds is 6. The number of aromatic nitrogens is 2. The number of benzene rings is 1. The number of nitrogens with one attached hydrogen (secondary N) is 1. The lowest BCUT2D eigenvalue weighted by Gasteiger charge is -2.28. The third-order valence-electron chi connectivity index (χ3n) is 4.54. The fraction of sp³-hybridized carbons (Fsp3) is 0.429. The molecule has 1 atom stereocenters. The number of hydrogen-bond donors (Lipinski definition) is 1. The first-order chi connectivity index (χ1) is 13.7. The van der Waals surface area contributed by atoms with Crippen LogP contribution in [-0.4, -0.2) is 45.9 Å². The van der Waals surface area contributed by atoms with Gasteiger partial charge in [0.05, 0.1) is 7.05 Å². The molecule has 0 aliphatic carbocycles. The fourth-order valence-corrected chi connectivity index (χ4v) is 3.34. The zero-order valence-electron chi connectivity index (χ0n) is 17.2. The molecular formula is C21H27N4O4+. The molecule has 1 aliphatic heterocycles. The molecule has 0 fully saturated rings. The molecule has 1 N–H and O–H groups in total. The highest BCUT2D eigenvalue weighted by Crippen LogP contribution is 2.33. The molecule has 0 spiro atoms. The Morgan fingerprint density at radius 1 is 1.24 bits per heavy atom. The number of esters is 1. The summed E-state index contributed by atoms with van der Waals surface area (Å²) in [6.45, 7) is 6.01. The molecule has 2 heterocycles. The second kappa shape index (κ2) is 8.06. The number of aryl methyl sites for hydroxylation is 1. The van der Waals surface area contributed by atoms with Gasteiger partial charge in [-0.1, -0.05) is 18.2 Å². The Morgan fingerprint density at radius 3 is 2.62 bits per heavy atom. The van der Waals surface area contributed by atoms with Gasteiger partial charge in [-0.3, -0.25) is 14.4 Å². The van der Waals surface area contributed by atoms with E-state index in [0.717, 1.165) is 0 Å². The van der Waals surface area contributed by atoms with Crippen molar-refractivity contribution in [2.45, 2.75) is 38.9 Å². The minimum atomic E-state index is -0.853. The van der Waals surface area contributed by atoms with Crippen molar-refractivity contribution in [3.8, 4) is 0 Å². The maximum Gasteiger partial charge on any atom is 0.325 e. The Hall–Kier alpha value is -3.16. The van der Waals surface area contributed by atoms with Crippen LogP contribution in [0.1, 0.15) is 42.7 Å². The Morgan fingerprint density at radius 2 is 1.97 bits per heavy atom. The number of amides is 2. The Labute approximate surface area is 170 Å². The van der Waals surface area contributed by atoms with Gasteiger partial charge < -0.3 is 15.0 Å². The van der Waals surface area contributed by atoms with Gasteiger partial charge in [-0.05, 0) is 32.4 Å². The van der Waals surface area contributed by atoms with E-state index < -0.39 is 17.6 Å². The monoisotopic (exact) mass is 399 g/mol. The SMILES string of the molecule is C[n+]1ccn(CCOC(=O)CN2C(=O)c3ccccc3C2C(=O)NC(C)(C)C)c1. The second-order valence-electron chi connectivity index (χ2n) is 8.20. The van der Waals surface area contributed by atoms with Crippen molar-refractivity contribution >= 4 is 17.8 Å². The normalized spacial score (nSPS) is 15.9. The van der Waals surface area contributed by atoms with E-state index in [-0.39, 0.29) is 25.0 Å². The molecular weight excluding hydrogens is 372 g/mol. The molecule has 2 aromatic rings. The lowest BCUT2D eigenvalue weighted by molar-refractivity contribution is -0.671. The molecule has 0 bridgehead atoms. The van der Waals surface area contributed by atoms with E-state index in [1.807, 2.05) is 55.7 Å². The molecule has 0 saturated heterocycles. The maximum absolute atomic E-state index is 12.9. The van der Waals surface area contributed by atoms with Gasteiger partial charge in [0.2, 0.25) is 12.2 Å². The molecule has 3 rings (SSSR count). The van der Waals surface area contributed by atoms with Crippen LogP contribution in [0.25, 0.3) is 0 Å². The molecule has 154 valence electrons. The number of imidazole rings is 1. The minimum Gasteiger partial charge on any atom is -0.460 e. The molecule has 1 aliphatic rings. The van der Waals surface area contributed by atoms with Crippen LogP contribution in [0.3, 0.4) is 0 Å². The zero-order chi connectivity index (χ0) is 21.2. The smallest absolute Gasteiger partial charge is 0.325 e. The molecule has 8 nitrogen and oxygen atoms in total. The van der Waals surface area contributed by atoms with E-state index in [9.17, 15) is 14.4 Å². The third kappa shape index (κ3) is 4.82. The van der Waals surface area contributed by atoms with Crippen LogP contribution in [0.15, 0.2) is 43.0 Å². The van der Waals surface area contributed by atoms with E-state index in [2.05, 4.69) is 5.32 Å². The van der Waals surface area contributed by atoms with E-state index >= 15 is 0 Å². The summed E-state index contributed by atoms with van der Waals surface area (Å²) in [5.74, 6) is -1.20. The second-order valence-corrected chi connectivity index (χ2v) is 8.20. The molecule has 1 aromatic carbocycles. The van der Waals surface area contributed by atoms with Crippen molar-refractivity contribution in [2.24, 2.45) is 7.05 Å². The van der Waals surface area contributed by atoms with Gasteiger partial charge in [0, 0.05) is 11.1 Å². The van der Waals surface area contributed by atoms with Gasteiger partial charge in [0.15, 0.2) is 0 Å². The lowest BCUT2D eigenvalue weighted by Crippen LogP contribution is -2.48. The molecule has 1 aromatic heterocycles. The molecule has 0 radical (unpaired) electrons. The number of carbonyl (C=O) groups excluding carboxylic acids is 3. The van der Waals surface area contributed by atoms with Gasteiger partial charge in [-0.25, -0.2) is 9.13 Å². The van der Waals surface area contributed by atoms with Crippen molar-refractivity contribution in [3.05, 3.63) is 54.1 Å². The highest BCUT2D eigenvalue weighted by Gasteiger charge is 2.42. The summed E-state index contributed by atoms with van der Waals surface area (Å²) in [6.07, 6.45) is 5.64. The molecule has 2 amide bonds. The maximum atomic E-state index is 12.9. The average molecular weight is 399 g/mol. The van der Waals surface area contributed by atoms with Crippen molar-refractivity contribution in [2.75, 3.05) is 13.2 Å². The largest absolute Gasteiger partial charge is 0.460 e. The Balaban J connectivity index is 1.69. The first-order valence-electron chi connectivity index (χ1n) is 9.54. The van der Waals surface area contributed by atoms with Crippen LogP contribution in [0.4, 0.5) is 0 Å². The molecule has 0 saturated carbocycles. The molecule has 1 unspecified atom stereocenters. The van der Waals surface area contributed by atoms with E-state index in [1.165, 1.54) is 4.90 Å². The van der Waals surface area contributed by atoms with Gasteiger partial charge >= 0.3 is 5.97 Å². The van der Waals surface area contributed by atoms with Crippen molar-refractivity contribution in [3.63, 3.8) is 0 Å². The predicted octanol–water partition coefficient (Wildman–Crippen LogP) is 0.968. The van der Waals surface area contributed by atoms with Crippen LogP contribution in [-0.2, 0) is 27.9 Å². The molecule has 29 heavy (non-hydrogen) atoms. The van der Waals surface area contributed by atoms with E-state index in [1.54, 1.807) is 24.3 Å². The standard InChI is InChI=1S/C21H26N4O4/c1-21(2,3)22-19(27)18-15-7-5-6-8-16(15)20(28)25(18)13-17(26)29-12-11-24-10-9-23(4)14-24/h5-10,14,18H,11-13H2,1-4H3/p+1. The summed E-state index contributed by atoms with van der Waals surface area (Å²) in [4.78, 5) is 39.4. The van der Waals surface area contributed by atoms with E-state index in [4.69, 9.17) is 4.74 Å². The zero-order valence-corrected chi connectivity index (χ0v) is 17.2. The topological polar surface area (TPSA) is 84.5 Å². The van der Waals surface area contributed by atoms with Crippen LogP contribution in [0.5, 0.6) is 0 Å². The van der Waals surface area contributed by atoms with Crippen LogP contribution >= 0.6 is 0 Å². The predicted molar refractivity (Wildman–Crippen MR) is 105 cm³/mol. The first kappa shape index (κ1) is 20.6. The Kier molecular flexibility index (Phi) is 5.72. The summed E-state index contributed by atoms with van der Waals surface area (Å²) in [7, 11) is 1.90. The van der Waals surface area contributed by atoms with Crippen LogP contribution in [0.2, 0.25) is 0 Å².